The fourth-order valence-corrected chi connectivity index (χ4v) is 3.45. The van der Waals surface area contributed by atoms with Crippen LogP contribution in [-0.2, 0) is 9.53 Å². The molecule has 1 N–H and O–H groups in total. The molecule has 2 atom stereocenters. The van der Waals surface area contributed by atoms with Crippen molar-refractivity contribution >= 4 is 5.91 Å². The maximum absolute atomic E-state index is 12.8. The molecule has 2 aliphatic heterocycles. The first kappa shape index (κ1) is 13.8. The largest absolute Gasteiger partial charge is 0.384 e. The van der Waals surface area contributed by atoms with E-state index in [1.165, 1.54) is 0 Å². The number of ether oxygens (including phenoxy) is 1. The lowest BCUT2D eigenvalue weighted by atomic mass is 9.81. The lowest BCUT2D eigenvalue weighted by Gasteiger charge is -2.31. The van der Waals surface area contributed by atoms with E-state index >= 15 is 0 Å². The molecule has 0 spiro atoms. The van der Waals surface area contributed by atoms with Crippen molar-refractivity contribution in [2.75, 3.05) is 39.9 Å². The van der Waals surface area contributed by atoms with E-state index in [9.17, 15) is 4.79 Å². The quantitative estimate of drug-likeness (QED) is 0.803. The fourth-order valence-electron chi connectivity index (χ4n) is 3.45. The number of carbonyl (C=O) groups is 1. The molecule has 0 bridgehead atoms. The Labute approximate surface area is 110 Å². The predicted molar refractivity (Wildman–Crippen MR) is 71.4 cm³/mol. The molecule has 4 nitrogen and oxygen atoms in total. The van der Waals surface area contributed by atoms with Crippen molar-refractivity contribution in [3.8, 4) is 0 Å². The number of nitrogens with zero attached hydrogens (tertiary/aromatic N) is 1. The van der Waals surface area contributed by atoms with Crippen LogP contribution in [0.5, 0.6) is 0 Å². The zero-order valence-electron chi connectivity index (χ0n) is 11.7. The minimum atomic E-state index is -0.114. The van der Waals surface area contributed by atoms with Crippen LogP contribution in [0, 0.1) is 11.3 Å². The van der Waals surface area contributed by atoms with E-state index in [-0.39, 0.29) is 5.41 Å². The van der Waals surface area contributed by atoms with E-state index in [0.717, 1.165) is 58.5 Å². The summed E-state index contributed by atoms with van der Waals surface area (Å²) in [6.45, 7) is 6.61. The first-order valence-corrected chi connectivity index (χ1v) is 7.21. The Morgan fingerprint density at radius 3 is 3.00 bits per heavy atom. The summed E-state index contributed by atoms with van der Waals surface area (Å²) >= 11 is 0. The molecule has 1 amide bonds. The number of carbonyl (C=O) groups excluding carboxylic acids is 1. The molecular weight excluding hydrogens is 228 g/mol. The first-order valence-electron chi connectivity index (χ1n) is 7.21. The van der Waals surface area contributed by atoms with Crippen LogP contribution in [0.2, 0.25) is 0 Å². The first-order chi connectivity index (χ1) is 8.72. The summed E-state index contributed by atoms with van der Waals surface area (Å²) < 4.78 is 5.20. The Hall–Kier alpha value is -0.610. The molecule has 2 heterocycles. The molecule has 2 saturated heterocycles. The third kappa shape index (κ3) is 2.69. The Morgan fingerprint density at radius 1 is 1.56 bits per heavy atom. The second-order valence-corrected chi connectivity index (χ2v) is 5.82. The van der Waals surface area contributed by atoms with Gasteiger partial charge < -0.3 is 15.0 Å². The van der Waals surface area contributed by atoms with Gasteiger partial charge >= 0.3 is 0 Å². The van der Waals surface area contributed by atoms with Crippen molar-refractivity contribution in [3.05, 3.63) is 0 Å². The van der Waals surface area contributed by atoms with Crippen molar-refractivity contribution in [2.45, 2.75) is 32.6 Å². The summed E-state index contributed by atoms with van der Waals surface area (Å²) in [5, 5.41) is 3.37. The maximum Gasteiger partial charge on any atom is 0.230 e. The van der Waals surface area contributed by atoms with E-state index in [4.69, 9.17) is 4.74 Å². The molecule has 2 aliphatic rings. The van der Waals surface area contributed by atoms with Crippen molar-refractivity contribution in [2.24, 2.45) is 11.3 Å². The van der Waals surface area contributed by atoms with Gasteiger partial charge in [0.25, 0.3) is 0 Å². The minimum Gasteiger partial charge on any atom is -0.384 e. The Balaban J connectivity index is 1.97. The van der Waals surface area contributed by atoms with Crippen LogP contribution < -0.4 is 5.32 Å². The van der Waals surface area contributed by atoms with Gasteiger partial charge in [-0.25, -0.2) is 0 Å². The highest BCUT2D eigenvalue weighted by Gasteiger charge is 2.44. The van der Waals surface area contributed by atoms with Gasteiger partial charge in [0.1, 0.15) is 0 Å². The van der Waals surface area contributed by atoms with Crippen molar-refractivity contribution < 1.29 is 9.53 Å². The normalized spacial score (nSPS) is 32.1. The van der Waals surface area contributed by atoms with Gasteiger partial charge in [-0.15, -0.1) is 0 Å². The molecule has 0 saturated carbocycles. The Kier molecular flexibility index (Phi) is 4.62. The van der Waals surface area contributed by atoms with E-state index in [0.29, 0.717) is 11.8 Å². The number of amides is 1. The maximum atomic E-state index is 12.8. The zero-order valence-corrected chi connectivity index (χ0v) is 11.7. The topological polar surface area (TPSA) is 41.6 Å². The summed E-state index contributed by atoms with van der Waals surface area (Å²) in [7, 11) is 1.74. The monoisotopic (exact) mass is 254 g/mol. The molecule has 2 rings (SSSR count). The van der Waals surface area contributed by atoms with Crippen molar-refractivity contribution in [3.63, 3.8) is 0 Å². The van der Waals surface area contributed by atoms with Gasteiger partial charge in [0.15, 0.2) is 0 Å². The van der Waals surface area contributed by atoms with Crippen LogP contribution in [-0.4, -0.2) is 50.7 Å². The number of rotatable bonds is 5. The lowest BCUT2D eigenvalue weighted by molar-refractivity contribution is -0.140. The number of hydrogen-bond acceptors (Lipinski definition) is 3. The highest BCUT2D eigenvalue weighted by molar-refractivity contribution is 5.83. The summed E-state index contributed by atoms with van der Waals surface area (Å²) in [5.41, 5.74) is -0.114. The minimum absolute atomic E-state index is 0.114. The summed E-state index contributed by atoms with van der Waals surface area (Å²) in [6, 6.07) is 0. The van der Waals surface area contributed by atoms with Crippen LogP contribution in [0.15, 0.2) is 0 Å². The van der Waals surface area contributed by atoms with E-state index < -0.39 is 0 Å². The standard InChI is InChI=1S/C14H26N2O2/c1-3-5-14(6-7-15-11-14)13(17)16-8-4-12(9-16)10-18-2/h12,15H,3-11H2,1-2H3. The molecule has 18 heavy (non-hydrogen) atoms. The van der Waals surface area contributed by atoms with Gasteiger partial charge in [0.05, 0.1) is 12.0 Å². The highest BCUT2D eigenvalue weighted by Crippen LogP contribution is 2.35. The predicted octanol–water partition coefficient (Wildman–Crippen LogP) is 1.26. The fraction of sp³-hybridized carbons (Fsp3) is 0.929. The van der Waals surface area contributed by atoms with Crippen molar-refractivity contribution in [1.29, 1.82) is 0 Å². The average molecular weight is 254 g/mol. The molecule has 2 unspecified atom stereocenters. The molecule has 0 aliphatic carbocycles. The van der Waals surface area contributed by atoms with E-state index in [1.54, 1.807) is 7.11 Å². The van der Waals surface area contributed by atoms with Crippen LogP contribution in [0.4, 0.5) is 0 Å². The average Bonchev–Trinajstić information content (AvgIpc) is 2.99. The van der Waals surface area contributed by atoms with Gasteiger partial charge in [-0.05, 0) is 25.8 Å². The van der Waals surface area contributed by atoms with Crippen LogP contribution in [0.25, 0.3) is 0 Å². The number of likely N-dealkylation sites (tertiary alicyclic amines) is 1. The van der Waals surface area contributed by atoms with Gasteiger partial charge in [-0.2, -0.15) is 0 Å². The number of hydrogen-bond donors (Lipinski definition) is 1. The SMILES string of the molecule is CCCC1(C(=O)N2CCC(COC)C2)CCNC1. The third-order valence-corrected chi connectivity index (χ3v) is 4.40. The molecule has 0 radical (unpaired) electrons. The van der Waals surface area contributed by atoms with Crippen LogP contribution in [0.1, 0.15) is 32.6 Å². The second-order valence-electron chi connectivity index (χ2n) is 5.82. The third-order valence-electron chi connectivity index (χ3n) is 4.40. The second kappa shape index (κ2) is 6.02. The van der Waals surface area contributed by atoms with Gasteiger partial charge in [-0.3, -0.25) is 4.79 Å². The molecule has 4 heteroatoms. The Bertz CT molecular complexity index is 288. The van der Waals surface area contributed by atoms with Crippen LogP contribution in [0.3, 0.4) is 0 Å². The van der Waals surface area contributed by atoms with Gasteiger partial charge in [0.2, 0.25) is 5.91 Å². The molecule has 0 aromatic rings. The van der Waals surface area contributed by atoms with E-state index in [1.807, 2.05) is 0 Å². The van der Waals surface area contributed by atoms with Gasteiger partial charge in [-0.1, -0.05) is 13.3 Å². The molecule has 104 valence electrons. The van der Waals surface area contributed by atoms with Gasteiger partial charge in [0, 0.05) is 32.7 Å². The molecule has 0 aromatic carbocycles. The highest BCUT2D eigenvalue weighted by atomic mass is 16.5. The zero-order chi connectivity index (χ0) is 13.0. The summed E-state index contributed by atoms with van der Waals surface area (Å²) in [5.74, 6) is 0.917. The Morgan fingerprint density at radius 2 is 2.39 bits per heavy atom. The molecular formula is C14H26N2O2. The summed E-state index contributed by atoms with van der Waals surface area (Å²) in [6.07, 6.45) is 4.20. The number of nitrogens with one attached hydrogen (secondary N) is 1. The number of methoxy groups -OCH3 is 1. The molecule has 0 aromatic heterocycles. The van der Waals surface area contributed by atoms with E-state index in [2.05, 4.69) is 17.1 Å². The smallest absolute Gasteiger partial charge is 0.230 e. The summed E-state index contributed by atoms with van der Waals surface area (Å²) in [4.78, 5) is 14.8. The molecule has 2 fully saturated rings. The lowest BCUT2D eigenvalue weighted by Crippen LogP contribution is -2.44. The van der Waals surface area contributed by atoms with Crippen LogP contribution >= 0.6 is 0 Å². The van der Waals surface area contributed by atoms with Crippen molar-refractivity contribution in [1.82, 2.24) is 10.2 Å².